The minimum atomic E-state index is -1.06. The highest BCUT2D eigenvalue weighted by Gasteiger charge is 2.50. The van der Waals surface area contributed by atoms with Crippen molar-refractivity contribution in [2.24, 2.45) is 17.6 Å². The van der Waals surface area contributed by atoms with Crippen LogP contribution in [0.3, 0.4) is 0 Å². The van der Waals surface area contributed by atoms with E-state index < -0.39 is 36.1 Å². The van der Waals surface area contributed by atoms with Crippen LogP contribution < -0.4 is 26.7 Å². The Bertz CT molecular complexity index is 1060. The van der Waals surface area contributed by atoms with Crippen molar-refractivity contribution in [2.75, 3.05) is 56.5 Å². The summed E-state index contributed by atoms with van der Waals surface area (Å²) in [5, 5.41) is 7.46. The van der Waals surface area contributed by atoms with Crippen molar-refractivity contribution in [3.63, 3.8) is 0 Å². The minimum absolute atomic E-state index is 0.0749. The molecule has 5 heterocycles. The predicted octanol–water partition coefficient (Wildman–Crippen LogP) is -0.721. The fourth-order valence-corrected chi connectivity index (χ4v) is 6.47. The summed E-state index contributed by atoms with van der Waals surface area (Å²) in [7, 11) is 2.11. The fourth-order valence-electron chi connectivity index (χ4n) is 6.47. The van der Waals surface area contributed by atoms with Gasteiger partial charge in [-0.15, -0.1) is 0 Å². The van der Waals surface area contributed by atoms with E-state index in [4.69, 9.17) is 5.73 Å². The smallest absolute Gasteiger partial charge is 0.233 e. The van der Waals surface area contributed by atoms with Crippen molar-refractivity contribution in [1.82, 2.24) is 30.5 Å². The average molecular weight is 520 g/mol. The number of hydrazine groups is 1. The van der Waals surface area contributed by atoms with Crippen LogP contribution in [0.4, 0.5) is 20.2 Å². The molecule has 202 valence electrons. The lowest BCUT2D eigenvalue weighted by atomic mass is 9.94. The SMILES string of the molecule is CN1CCN(C(=O)C2CCN(c3c(F)cncc3NC(=O)C3C(N)NN4CC(F)CNC34)CC2)C2CC21. The van der Waals surface area contributed by atoms with Crippen molar-refractivity contribution >= 4 is 23.2 Å². The first kappa shape index (κ1) is 24.9. The van der Waals surface area contributed by atoms with Gasteiger partial charge in [0.15, 0.2) is 5.82 Å². The van der Waals surface area contributed by atoms with Gasteiger partial charge < -0.3 is 20.9 Å². The summed E-state index contributed by atoms with van der Waals surface area (Å²) in [5.41, 5.74) is 9.65. The molecule has 6 rings (SSSR count). The van der Waals surface area contributed by atoms with Crippen LogP contribution in [-0.2, 0) is 9.59 Å². The second kappa shape index (κ2) is 9.70. The van der Waals surface area contributed by atoms with E-state index in [9.17, 15) is 14.0 Å². The Morgan fingerprint density at radius 1 is 1.16 bits per heavy atom. The zero-order valence-electron chi connectivity index (χ0n) is 20.9. The number of nitrogens with zero attached hydrogens (tertiary/aromatic N) is 5. The number of piperidine rings is 1. The number of rotatable bonds is 4. The molecule has 1 aromatic heterocycles. The average Bonchev–Trinajstić information content (AvgIpc) is 3.61. The molecule has 1 saturated carbocycles. The number of piperazine rings is 1. The highest BCUT2D eigenvalue weighted by atomic mass is 19.1. The molecule has 5 N–H and O–H groups in total. The van der Waals surface area contributed by atoms with Crippen LogP contribution in [0.1, 0.15) is 19.3 Å². The Labute approximate surface area is 214 Å². The Morgan fingerprint density at radius 3 is 2.73 bits per heavy atom. The third-order valence-electron chi connectivity index (χ3n) is 8.58. The number of nitrogens with one attached hydrogen (secondary N) is 3. The number of aromatic nitrogens is 1. The van der Waals surface area contributed by atoms with Gasteiger partial charge in [-0.05, 0) is 26.3 Å². The molecule has 6 unspecified atom stereocenters. The topological polar surface area (TPSA) is 122 Å². The molecule has 0 radical (unpaired) electrons. The summed E-state index contributed by atoms with van der Waals surface area (Å²) < 4.78 is 28.8. The molecule has 6 atom stereocenters. The van der Waals surface area contributed by atoms with Crippen molar-refractivity contribution < 1.29 is 18.4 Å². The number of fused-ring (bicyclic) bond motifs is 2. The Hall–Kier alpha value is -2.45. The van der Waals surface area contributed by atoms with Crippen LogP contribution in [0.15, 0.2) is 12.4 Å². The van der Waals surface area contributed by atoms with E-state index in [1.807, 2.05) is 4.90 Å². The van der Waals surface area contributed by atoms with Crippen LogP contribution in [0.2, 0.25) is 0 Å². The van der Waals surface area contributed by atoms with E-state index in [0.717, 1.165) is 25.7 Å². The molecule has 1 aromatic rings. The van der Waals surface area contributed by atoms with E-state index in [2.05, 4.69) is 37.9 Å². The van der Waals surface area contributed by atoms with Gasteiger partial charge in [-0.1, -0.05) is 0 Å². The van der Waals surface area contributed by atoms with E-state index in [-0.39, 0.29) is 36.3 Å². The lowest BCUT2D eigenvalue weighted by Crippen LogP contribution is -2.58. The number of hydrogen-bond acceptors (Lipinski definition) is 9. The first-order valence-electron chi connectivity index (χ1n) is 13.2. The van der Waals surface area contributed by atoms with Gasteiger partial charge >= 0.3 is 0 Å². The van der Waals surface area contributed by atoms with Crippen molar-refractivity contribution in [3.8, 4) is 0 Å². The largest absolute Gasteiger partial charge is 0.367 e. The number of halogens is 2. The molecule has 2 amide bonds. The summed E-state index contributed by atoms with van der Waals surface area (Å²) in [6.07, 6.45) is 2.63. The standard InChI is InChI=1S/C24H35F2N9O2/c1-32-6-7-34(18-8-17(18)32)24(37)13-2-4-33(5-3-13)20-15(26)10-28-11-16(20)30-23(36)19-21(27)31-35-12-14(25)9-29-22(19)35/h10-11,13-14,17-19,21-22,29,31H,2-9,12,27H2,1H3,(H,30,36). The molecular weight excluding hydrogens is 484 g/mol. The van der Waals surface area contributed by atoms with E-state index in [1.54, 1.807) is 5.01 Å². The number of pyridine rings is 1. The molecule has 0 bridgehead atoms. The van der Waals surface area contributed by atoms with Gasteiger partial charge in [-0.2, -0.15) is 0 Å². The van der Waals surface area contributed by atoms with Gasteiger partial charge in [0.1, 0.15) is 11.9 Å². The second-order valence-electron chi connectivity index (χ2n) is 10.9. The van der Waals surface area contributed by atoms with Crippen molar-refractivity contribution in [2.45, 2.75) is 49.8 Å². The zero-order valence-corrected chi connectivity index (χ0v) is 20.9. The van der Waals surface area contributed by atoms with Gasteiger partial charge in [0.25, 0.3) is 0 Å². The Morgan fingerprint density at radius 2 is 1.95 bits per heavy atom. The Kier molecular flexibility index (Phi) is 6.51. The van der Waals surface area contributed by atoms with Gasteiger partial charge in [-0.25, -0.2) is 19.2 Å². The molecule has 11 nitrogen and oxygen atoms in total. The summed E-state index contributed by atoms with van der Waals surface area (Å²) in [5.74, 6) is -1.50. The monoisotopic (exact) mass is 519 g/mol. The summed E-state index contributed by atoms with van der Waals surface area (Å²) in [6, 6.07) is 0.831. The third kappa shape index (κ3) is 4.56. The van der Waals surface area contributed by atoms with Crippen LogP contribution in [-0.4, -0.2) is 109 Å². The van der Waals surface area contributed by atoms with Crippen molar-refractivity contribution in [1.29, 1.82) is 0 Å². The molecule has 5 aliphatic rings. The molecule has 1 aliphatic carbocycles. The highest BCUT2D eigenvalue weighted by Crippen LogP contribution is 2.38. The van der Waals surface area contributed by atoms with Crippen LogP contribution in [0.25, 0.3) is 0 Å². The molecule has 4 saturated heterocycles. The molecule has 4 aliphatic heterocycles. The molecular formula is C24H35F2N9O2. The normalized spacial score (nSPS) is 34.7. The first-order chi connectivity index (χ1) is 17.8. The Balaban J connectivity index is 1.12. The molecule has 37 heavy (non-hydrogen) atoms. The number of carbonyl (C=O) groups is 2. The van der Waals surface area contributed by atoms with Crippen molar-refractivity contribution in [3.05, 3.63) is 18.2 Å². The quantitative estimate of drug-likeness (QED) is 0.408. The molecule has 13 heteroatoms. The van der Waals surface area contributed by atoms with Crippen LogP contribution >= 0.6 is 0 Å². The van der Waals surface area contributed by atoms with Gasteiger partial charge in [0.2, 0.25) is 11.8 Å². The minimum Gasteiger partial charge on any atom is -0.367 e. The molecule has 0 spiro atoms. The number of nitrogens with two attached hydrogens (primary N) is 1. The summed E-state index contributed by atoms with van der Waals surface area (Å²) >= 11 is 0. The third-order valence-corrected chi connectivity index (χ3v) is 8.58. The molecule has 0 aromatic carbocycles. The number of alkyl halides is 1. The van der Waals surface area contributed by atoms with E-state index in [1.165, 1.54) is 6.20 Å². The van der Waals surface area contributed by atoms with Crippen LogP contribution in [0, 0.1) is 17.7 Å². The lowest BCUT2D eigenvalue weighted by Gasteiger charge is -2.38. The zero-order chi connectivity index (χ0) is 25.8. The maximum atomic E-state index is 15.1. The van der Waals surface area contributed by atoms with Gasteiger partial charge in [0.05, 0.1) is 36.3 Å². The second-order valence-corrected chi connectivity index (χ2v) is 10.9. The maximum Gasteiger partial charge on any atom is 0.233 e. The number of anilines is 2. The maximum absolute atomic E-state index is 15.1. The van der Waals surface area contributed by atoms with E-state index in [0.29, 0.717) is 38.0 Å². The fraction of sp³-hybridized carbons (Fsp3) is 0.708. The number of likely N-dealkylation sites (N-methyl/N-ethyl adjacent to an activating group) is 1. The van der Waals surface area contributed by atoms with Crippen LogP contribution in [0.5, 0.6) is 0 Å². The number of carbonyl (C=O) groups excluding carboxylic acids is 2. The predicted molar refractivity (Wildman–Crippen MR) is 132 cm³/mol. The van der Waals surface area contributed by atoms with Gasteiger partial charge in [0, 0.05) is 57.3 Å². The summed E-state index contributed by atoms with van der Waals surface area (Å²) in [6.45, 7) is 2.94. The van der Waals surface area contributed by atoms with E-state index >= 15 is 4.39 Å². The number of amides is 2. The highest BCUT2D eigenvalue weighted by molar-refractivity contribution is 5.96. The van der Waals surface area contributed by atoms with Gasteiger partial charge in [-0.3, -0.25) is 24.8 Å². The number of hydrogen-bond donors (Lipinski definition) is 4. The first-order valence-corrected chi connectivity index (χ1v) is 13.2. The summed E-state index contributed by atoms with van der Waals surface area (Å²) in [4.78, 5) is 36.7. The lowest BCUT2D eigenvalue weighted by molar-refractivity contribution is -0.138. The molecule has 5 fully saturated rings.